The average Bonchev–Trinajstić information content (AvgIpc) is 3.08. The second-order valence-electron chi connectivity index (χ2n) is 11.0. The molecular formula is C39H33N3O4. The normalized spacial score (nSPS) is 11.5. The minimum atomic E-state index is -0.938. The summed E-state index contributed by atoms with van der Waals surface area (Å²) in [6.45, 7) is 1.55. The van der Waals surface area contributed by atoms with Crippen molar-refractivity contribution in [3.8, 4) is 11.1 Å². The van der Waals surface area contributed by atoms with Gasteiger partial charge in [-0.1, -0.05) is 121 Å². The maximum absolute atomic E-state index is 14.1. The molecule has 0 heterocycles. The van der Waals surface area contributed by atoms with Crippen molar-refractivity contribution in [3.05, 3.63) is 145 Å². The van der Waals surface area contributed by atoms with E-state index in [1.54, 1.807) is 0 Å². The van der Waals surface area contributed by atoms with Crippen molar-refractivity contribution in [2.24, 2.45) is 0 Å². The Morgan fingerprint density at radius 1 is 0.587 bits per heavy atom. The number of alkyl carbamates (subject to hydrolysis) is 1. The third-order valence-corrected chi connectivity index (χ3v) is 7.78. The lowest BCUT2D eigenvalue weighted by Crippen LogP contribution is -2.45. The van der Waals surface area contributed by atoms with Crippen molar-refractivity contribution in [1.82, 2.24) is 5.32 Å². The van der Waals surface area contributed by atoms with Crippen LogP contribution < -0.4 is 16.0 Å². The Balaban J connectivity index is 1.40. The summed E-state index contributed by atoms with van der Waals surface area (Å²) in [7, 11) is 0. The molecule has 46 heavy (non-hydrogen) atoms. The van der Waals surface area contributed by atoms with Gasteiger partial charge in [0.15, 0.2) is 0 Å². The molecule has 1 atom stereocenters. The number of anilines is 2. The molecule has 0 spiro atoms. The number of amides is 3. The molecule has 6 rings (SSSR count). The average molecular weight is 608 g/mol. The maximum Gasteiger partial charge on any atom is 0.408 e. The van der Waals surface area contributed by atoms with Crippen LogP contribution in [0.2, 0.25) is 0 Å². The number of hydrogen-bond acceptors (Lipinski definition) is 4. The summed E-state index contributed by atoms with van der Waals surface area (Å²) < 4.78 is 5.48. The maximum atomic E-state index is 14.1. The molecule has 0 saturated carbocycles. The third kappa shape index (κ3) is 6.89. The summed E-state index contributed by atoms with van der Waals surface area (Å²) in [5.41, 5.74) is 4.44. The fourth-order valence-electron chi connectivity index (χ4n) is 5.67. The molecule has 0 bridgehead atoms. The Hall–Kier alpha value is -5.95. The summed E-state index contributed by atoms with van der Waals surface area (Å²) in [5, 5.41) is 12.7. The number of carbonyl (C=O) groups excluding carboxylic acids is 3. The zero-order valence-electron chi connectivity index (χ0n) is 25.3. The standard InChI is InChI=1S/C39H33N3O4/c1-26(43)40-33-22-20-29-16-8-10-18-31(29)36(33)37-32-19-11-9-17-30(32)21-23-34(37)41-38(44)35(24-27-12-4-2-5-13-27)42-39(45)46-25-28-14-6-3-7-15-28/h2-23,35H,24-25H2,1H3,(H,40,43)(H,41,44)(H,42,45). The fourth-order valence-corrected chi connectivity index (χ4v) is 5.67. The first-order valence-electron chi connectivity index (χ1n) is 15.1. The predicted molar refractivity (Wildman–Crippen MR) is 184 cm³/mol. The Kier molecular flexibility index (Phi) is 9.02. The van der Waals surface area contributed by atoms with Gasteiger partial charge in [-0.05, 0) is 44.8 Å². The van der Waals surface area contributed by atoms with E-state index in [2.05, 4.69) is 16.0 Å². The van der Waals surface area contributed by atoms with Crippen LogP contribution in [0.15, 0.2) is 133 Å². The molecule has 0 radical (unpaired) electrons. The van der Waals surface area contributed by atoms with Crippen molar-refractivity contribution in [1.29, 1.82) is 0 Å². The minimum Gasteiger partial charge on any atom is -0.445 e. The summed E-state index contributed by atoms with van der Waals surface area (Å²) in [5.74, 6) is -0.609. The van der Waals surface area contributed by atoms with E-state index in [1.807, 2.05) is 133 Å². The molecule has 1 unspecified atom stereocenters. The van der Waals surface area contributed by atoms with E-state index in [1.165, 1.54) is 6.92 Å². The second-order valence-corrected chi connectivity index (χ2v) is 11.0. The lowest BCUT2D eigenvalue weighted by atomic mass is 9.90. The van der Waals surface area contributed by atoms with Gasteiger partial charge in [0.1, 0.15) is 12.6 Å². The van der Waals surface area contributed by atoms with Gasteiger partial charge >= 0.3 is 6.09 Å². The number of fused-ring (bicyclic) bond motifs is 2. The smallest absolute Gasteiger partial charge is 0.408 e. The van der Waals surface area contributed by atoms with Gasteiger partial charge in [-0.3, -0.25) is 9.59 Å². The van der Waals surface area contributed by atoms with Gasteiger partial charge in [-0.25, -0.2) is 4.79 Å². The quantitative estimate of drug-likeness (QED) is 0.155. The van der Waals surface area contributed by atoms with Gasteiger partial charge < -0.3 is 20.7 Å². The highest BCUT2D eigenvalue weighted by atomic mass is 16.5. The molecule has 0 fully saturated rings. The van der Waals surface area contributed by atoms with Gasteiger partial charge in [0, 0.05) is 35.8 Å². The Morgan fingerprint density at radius 3 is 1.65 bits per heavy atom. The second kappa shape index (κ2) is 13.8. The lowest BCUT2D eigenvalue weighted by Gasteiger charge is -2.22. The summed E-state index contributed by atoms with van der Waals surface area (Å²) in [4.78, 5) is 39.4. The van der Waals surface area contributed by atoms with Gasteiger partial charge in [0.2, 0.25) is 11.8 Å². The number of nitrogens with one attached hydrogen (secondary N) is 3. The molecule has 3 amide bonds. The molecule has 6 aromatic rings. The predicted octanol–water partition coefficient (Wildman–Crippen LogP) is 8.09. The van der Waals surface area contributed by atoms with Crippen LogP contribution in [-0.2, 0) is 27.4 Å². The molecular weight excluding hydrogens is 574 g/mol. The molecule has 0 aliphatic carbocycles. The molecule has 228 valence electrons. The van der Waals surface area contributed by atoms with Crippen molar-refractivity contribution in [2.75, 3.05) is 10.6 Å². The van der Waals surface area contributed by atoms with Crippen LogP contribution in [0.3, 0.4) is 0 Å². The zero-order valence-corrected chi connectivity index (χ0v) is 25.3. The van der Waals surface area contributed by atoms with Crippen LogP contribution >= 0.6 is 0 Å². The highest BCUT2D eigenvalue weighted by molar-refractivity contribution is 6.17. The van der Waals surface area contributed by atoms with Crippen molar-refractivity contribution < 1.29 is 19.1 Å². The molecule has 0 aromatic heterocycles. The van der Waals surface area contributed by atoms with E-state index in [0.29, 0.717) is 11.4 Å². The minimum absolute atomic E-state index is 0.0776. The molecule has 3 N–H and O–H groups in total. The lowest BCUT2D eigenvalue weighted by molar-refractivity contribution is -0.118. The molecule has 0 aliphatic rings. The van der Waals surface area contributed by atoms with Gasteiger partial charge in [0.05, 0.1) is 0 Å². The topological polar surface area (TPSA) is 96.5 Å². The largest absolute Gasteiger partial charge is 0.445 e. The van der Waals surface area contributed by atoms with E-state index >= 15 is 0 Å². The highest BCUT2D eigenvalue weighted by Gasteiger charge is 2.25. The SMILES string of the molecule is CC(=O)Nc1ccc2ccccc2c1-c1c(NC(=O)C(Cc2ccccc2)NC(=O)OCc2ccccc2)ccc2ccccc12. The number of carbonyl (C=O) groups is 3. The van der Waals surface area contributed by atoms with Crippen molar-refractivity contribution in [3.63, 3.8) is 0 Å². The van der Waals surface area contributed by atoms with Gasteiger partial charge in [-0.15, -0.1) is 0 Å². The molecule has 0 saturated heterocycles. The van der Waals surface area contributed by atoms with Crippen molar-refractivity contribution >= 4 is 50.8 Å². The van der Waals surface area contributed by atoms with Crippen LogP contribution in [-0.4, -0.2) is 23.9 Å². The van der Waals surface area contributed by atoms with E-state index in [9.17, 15) is 14.4 Å². The molecule has 0 aliphatic heterocycles. The van der Waals surface area contributed by atoms with Crippen molar-refractivity contribution in [2.45, 2.75) is 26.0 Å². The number of ether oxygens (including phenoxy) is 1. The first-order valence-corrected chi connectivity index (χ1v) is 15.1. The van der Waals surface area contributed by atoms with E-state index in [0.717, 1.165) is 43.8 Å². The van der Waals surface area contributed by atoms with E-state index < -0.39 is 18.0 Å². The van der Waals surface area contributed by atoms with Crippen LogP contribution in [0, 0.1) is 0 Å². The Bertz CT molecular complexity index is 2030. The first-order chi connectivity index (χ1) is 22.5. The van der Waals surface area contributed by atoms with Crippen LogP contribution in [0.4, 0.5) is 16.2 Å². The zero-order chi connectivity index (χ0) is 31.9. The van der Waals surface area contributed by atoms with E-state index in [4.69, 9.17) is 4.74 Å². The third-order valence-electron chi connectivity index (χ3n) is 7.78. The summed E-state index contributed by atoms with van der Waals surface area (Å²) in [6.07, 6.45) is -0.442. The summed E-state index contributed by atoms with van der Waals surface area (Å²) >= 11 is 0. The van der Waals surface area contributed by atoms with Gasteiger partial charge in [-0.2, -0.15) is 0 Å². The number of benzene rings is 6. The Labute approximate surface area is 267 Å². The van der Waals surface area contributed by atoms with Crippen LogP contribution in [0.25, 0.3) is 32.7 Å². The highest BCUT2D eigenvalue weighted by Crippen LogP contribution is 2.43. The Morgan fingerprint density at radius 2 is 1.09 bits per heavy atom. The van der Waals surface area contributed by atoms with E-state index in [-0.39, 0.29) is 18.9 Å². The molecule has 6 aromatic carbocycles. The number of rotatable bonds is 9. The monoisotopic (exact) mass is 607 g/mol. The summed E-state index contributed by atoms with van der Waals surface area (Å²) in [6, 6.07) is 41.5. The van der Waals surface area contributed by atoms with Gasteiger partial charge in [0.25, 0.3) is 0 Å². The molecule has 7 heteroatoms. The molecule has 7 nitrogen and oxygen atoms in total. The number of hydrogen-bond donors (Lipinski definition) is 3. The van der Waals surface area contributed by atoms with Crippen LogP contribution in [0.5, 0.6) is 0 Å². The first kappa shape index (κ1) is 30.1. The van der Waals surface area contributed by atoms with Crippen LogP contribution in [0.1, 0.15) is 18.1 Å². The fraction of sp³-hybridized carbons (Fsp3) is 0.103.